The Morgan fingerprint density at radius 3 is 2.24 bits per heavy atom. The van der Waals surface area contributed by atoms with E-state index in [2.05, 4.69) is 17.2 Å². The molecule has 1 saturated carbocycles. The Hall–Kier alpha value is -3.75. The molecule has 7 nitrogen and oxygen atoms in total. The number of halogens is 2. The second kappa shape index (κ2) is 9.24. The SMILES string of the molecule is C=CCC(NC(=O)C1C(CNC(=O)OCC2c3ccccc3-c3ccccc32)C1(F)F)C(=O)O. The fourth-order valence-corrected chi connectivity index (χ4v) is 4.49. The number of hydrogen-bond acceptors (Lipinski definition) is 4. The van der Waals surface area contributed by atoms with Gasteiger partial charge in [-0.05, 0) is 28.7 Å². The summed E-state index contributed by atoms with van der Waals surface area (Å²) < 4.78 is 33.6. The van der Waals surface area contributed by atoms with Gasteiger partial charge in [-0.15, -0.1) is 6.58 Å². The number of rotatable bonds is 9. The Balaban J connectivity index is 1.31. The van der Waals surface area contributed by atoms with Crippen LogP contribution in [0.1, 0.15) is 23.5 Å². The molecule has 0 heterocycles. The lowest BCUT2D eigenvalue weighted by Crippen LogP contribution is -2.42. The van der Waals surface area contributed by atoms with E-state index < -0.39 is 48.3 Å². The van der Waals surface area contributed by atoms with Crippen molar-refractivity contribution in [1.29, 1.82) is 0 Å². The van der Waals surface area contributed by atoms with Gasteiger partial charge in [0, 0.05) is 12.5 Å². The van der Waals surface area contributed by atoms with Gasteiger partial charge < -0.3 is 20.5 Å². The number of carboxylic acids is 1. The van der Waals surface area contributed by atoms with Crippen LogP contribution in [0.25, 0.3) is 11.1 Å². The molecule has 2 aliphatic rings. The van der Waals surface area contributed by atoms with Crippen LogP contribution in [0.2, 0.25) is 0 Å². The summed E-state index contributed by atoms with van der Waals surface area (Å²) in [6, 6.07) is 14.3. The van der Waals surface area contributed by atoms with Gasteiger partial charge >= 0.3 is 12.1 Å². The number of hydrogen-bond donors (Lipinski definition) is 3. The van der Waals surface area contributed by atoms with Gasteiger partial charge in [0.1, 0.15) is 18.6 Å². The monoisotopic (exact) mass is 470 g/mol. The molecule has 0 aromatic heterocycles. The number of aliphatic carboxylic acids is 1. The van der Waals surface area contributed by atoms with Crippen molar-refractivity contribution >= 4 is 18.0 Å². The summed E-state index contributed by atoms with van der Waals surface area (Å²) in [5.41, 5.74) is 4.17. The topological polar surface area (TPSA) is 105 Å². The molecule has 3 atom stereocenters. The van der Waals surface area contributed by atoms with Crippen LogP contribution in [0.4, 0.5) is 13.6 Å². The Labute approximate surface area is 194 Å². The van der Waals surface area contributed by atoms with E-state index in [-0.39, 0.29) is 18.9 Å². The van der Waals surface area contributed by atoms with Crippen molar-refractivity contribution in [2.45, 2.75) is 24.3 Å². The molecule has 0 spiro atoms. The second-order valence-corrected chi connectivity index (χ2v) is 8.39. The van der Waals surface area contributed by atoms with E-state index in [4.69, 9.17) is 9.84 Å². The Morgan fingerprint density at radius 1 is 1.09 bits per heavy atom. The Kier molecular flexibility index (Phi) is 6.37. The summed E-state index contributed by atoms with van der Waals surface area (Å²) in [6.45, 7) is 2.95. The fourth-order valence-electron chi connectivity index (χ4n) is 4.49. The summed E-state index contributed by atoms with van der Waals surface area (Å²) in [7, 11) is 0. The smallest absolute Gasteiger partial charge is 0.407 e. The van der Waals surface area contributed by atoms with Gasteiger partial charge in [0.2, 0.25) is 5.91 Å². The van der Waals surface area contributed by atoms with Crippen molar-refractivity contribution in [3.8, 4) is 11.1 Å². The van der Waals surface area contributed by atoms with Crippen LogP contribution < -0.4 is 10.6 Å². The zero-order valence-corrected chi connectivity index (χ0v) is 18.2. The lowest BCUT2D eigenvalue weighted by Gasteiger charge is -2.14. The molecule has 2 aliphatic carbocycles. The van der Waals surface area contributed by atoms with Crippen LogP contribution in [0.3, 0.4) is 0 Å². The molecule has 1 fully saturated rings. The number of nitrogens with one attached hydrogen (secondary N) is 2. The molecule has 4 rings (SSSR count). The average molecular weight is 470 g/mol. The van der Waals surface area contributed by atoms with Crippen molar-refractivity contribution < 1.29 is 33.0 Å². The maximum absolute atomic E-state index is 14.1. The summed E-state index contributed by atoms with van der Waals surface area (Å²) in [5, 5.41) is 13.5. The summed E-state index contributed by atoms with van der Waals surface area (Å²) >= 11 is 0. The van der Waals surface area contributed by atoms with Gasteiger partial charge in [-0.25, -0.2) is 18.4 Å². The zero-order chi connectivity index (χ0) is 24.5. The van der Waals surface area contributed by atoms with Gasteiger partial charge in [0.25, 0.3) is 5.92 Å². The Bertz CT molecular complexity index is 1090. The highest BCUT2D eigenvalue weighted by Gasteiger charge is 2.71. The number of alkyl carbamates (subject to hydrolysis) is 1. The maximum atomic E-state index is 14.1. The van der Waals surface area contributed by atoms with E-state index in [1.54, 1.807) is 0 Å². The van der Waals surface area contributed by atoms with Crippen LogP contribution in [0.5, 0.6) is 0 Å². The molecule has 2 aromatic rings. The highest BCUT2D eigenvalue weighted by Crippen LogP contribution is 2.55. The molecule has 2 aromatic carbocycles. The highest BCUT2D eigenvalue weighted by atomic mass is 19.3. The number of amides is 2. The minimum Gasteiger partial charge on any atom is -0.480 e. The first-order chi connectivity index (χ1) is 16.3. The Morgan fingerprint density at radius 2 is 1.68 bits per heavy atom. The minimum absolute atomic E-state index is 0.0344. The number of ether oxygens (including phenoxy) is 1. The third-order valence-corrected chi connectivity index (χ3v) is 6.31. The van der Waals surface area contributed by atoms with E-state index in [1.165, 1.54) is 6.08 Å². The first kappa shape index (κ1) is 23.4. The van der Waals surface area contributed by atoms with Gasteiger partial charge in [-0.3, -0.25) is 4.79 Å². The summed E-state index contributed by atoms with van der Waals surface area (Å²) in [5.74, 6) is -9.09. The van der Waals surface area contributed by atoms with Crippen LogP contribution in [-0.2, 0) is 14.3 Å². The molecule has 34 heavy (non-hydrogen) atoms. The molecule has 0 radical (unpaired) electrons. The van der Waals surface area contributed by atoms with Crippen LogP contribution in [0, 0.1) is 11.8 Å². The number of benzene rings is 2. The summed E-state index contributed by atoms with van der Waals surface area (Å²) in [4.78, 5) is 35.5. The van der Waals surface area contributed by atoms with Gasteiger partial charge in [0.05, 0.1) is 5.92 Å². The average Bonchev–Trinajstić information content (AvgIpc) is 3.22. The molecule has 0 saturated heterocycles. The van der Waals surface area contributed by atoms with Crippen molar-refractivity contribution in [3.63, 3.8) is 0 Å². The van der Waals surface area contributed by atoms with E-state index >= 15 is 0 Å². The molecule has 178 valence electrons. The second-order valence-electron chi connectivity index (χ2n) is 8.39. The molecular weight excluding hydrogens is 446 g/mol. The van der Waals surface area contributed by atoms with E-state index in [1.807, 2.05) is 48.5 Å². The normalized spacial score (nSPS) is 20.4. The third-order valence-electron chi connectivity index (χ3n) is 6.31. The molecule has 3 unspecified atom stereocenters. The van der Waals surface area contributed by atoms with E-state index in [9.17, 15) is 23.2 Å². The lowest BCUT2D eigenvalue weighted by atomic mass is 9.98. The fraction of sp³-hybridized carbons (Fsp3) is 0.320. The largest absolute Gasteiger partial charge is 0.480 e. The standard InChI is InChI=1S/C25H24F2N2O5/c1-2-7-20(23(31)32)29-22(30)21-19(25(21,26)27)12-28-24(33)34-13-18-16-10-5-3-8-14(16)15-9-4-6-11-17(15)18/h2-6,8-11,18-21H,1,7,12-13H2,(H,28,33)(H,29,30)(H,31,32). The van der Waals surface area contributed by atoms with Gasteiger partial charge in [0.15, 0.2) is 0 Å². The van der Waals surface area contributed by atoms with Crippen molar-refractivity contribution in [3.05, 3.63) is 72.3 Å². The van der Waals surface area contributed by atoms with Crippen LogP contribution in [0.15, 0.2) is 61.2 Å². The quantitative estimate of drug-likeness (QED) is 0.486. The first-order valence-corrected chi connectivity index (χ1v) is 10.9. The van der Waals surface area contributed by atoms with E-state index in [0.29, 0.717) is 0 Å². The highest BCUT2D eigenvalue weighted by molar-refractivity contribution is 5.88. The van der Waals surface area contributed by atoms with Crippen LogP contribution >= 0.6 is 0 Å². The molecular formula is C25H24F2N2O5. The van der Waals surface area contributed by atoms with Crippen molar-refractivity contribution in [2.24, 2.45) is 11.8 Å². The molecule has 3 N–H and O–H groups in total. The lowest BCUT2D eigenvalue weighted by molar-refractivity contribution is -0.142. The summed E-state index contributed by atoms with van der Waals surface area (Å²) in [6.07, 6.45) is 0.321. The predicted molar refractivity (Wildman–Crippen MR) is 119 cm³/mol. The number of carbonyl (C=O) groups is 3. The molecule has 0 bridgehead atoms. The van der Waals surface area contributed by atoms with Crippen LogP contribution in [-0.4, -0.2) is 48.2 Å². The van der Waals surface area contributed by atoms with Gasteiger partial charge in [-0.2, -0.15) is 0 Å². The van der Waals surface area contributed by atoms with Crippen molar-refractivity contribution in [1.82, 2.24) is 10.6 Å². The number of fused-ring (bicyclic) bond motifs is 3. The minimum atomic E-state index is -3.35. The number of carbonyl (C=O) groups excluding carboxylic acids is 2. The zero-order valence-electron chi connectivity index (χ0n) is 18.2. The van der Waals surface area contributed by atoms with Gasteiger partial charge in [-0.1, -0.05) is 54.6 Å². The first-order valence-electron chi connectivity index (χ1n) is 10.9. The number of alkyl halides is 2. The third kappa shape index (κ3) is 4.37. The molecule has 0 aliphatic heterocycles. The number of carboxylic acid groups (broad SMARTS) is 1. The maximum Gasteiger partial charge on any atom is 0.407 e. The molecule has 2 amide bonds. The molecule has 9 heteroatoms. The predicted octanol–water partition coefficient (Wildman–Crippen LogP) is 3.55. The van der Waals surface area contributed by atoms with Crippen molar-refractivity contribution in [2.75, 3.05) is 13.2 Å². The van der Waals surface area contributed by atoms with E-state index in [0.717, 1.165) is 22.3 Å².